The average Bonchev–Trinajstić information content (AvgIpc) is 3.03. The van der Waals surface area contributed by atoms with Crippen LogP contribution in [-0.4, -0.2) is 38.2 Å². The number of nitrogens with zero attached hydrogens (tertiary/aromatic N) is 2. The fourth-order valence-corrected chi connectivity index (χ4v) is 4.20. The third-order valence-corrected chi connectivity index (χ3v) is 6.30. The van der Waals surface area contributed by atoms with Gasteiger partial charge in [-0.2, -0.15) is 0 Å². The van der Waals surface area contributed by atoms with E-state index in [2.05, 4.69) is 13.2 Å². The van der Waals surface area contributed by atoms with Crippen LogP contribution in [0.5, 0.6) is 0 Å². The molecule has 0 amide bonds. The maximum Gasteiger partial charge on any atom is 0.335 e. The minimum Gasteiger partial charge on any atom is -0.462 e. The highest BCUT2D eigenvalue weighted by atomic mass is 16.5. The highest BCUT2D eigenvalue weighted by molar-refractivity contribution is 5.90. The minimum atomic E-state index is -0.487. The fraction of sp³-hybridized carbons (Fsp3) is 0.143. The van der Waals surface area contributed by atoms with Gasteiger partial charge < -0.3 is 19.3 Å². The first-order chi connectivity index (χ1) is 20.0. The van der Waals surface area contributed by atoms with E-state index in [1.54, 1.807) is 0 Å². The second kappa shape index (κ2) is 14.9. The van der Waals surface area contributed by atoms with E-state index in [4.69, 9.17) is 9.47 Å². The zero-order valence-electron chi connectivity index (χ0n) is 23.0. The Bertz CT molecular complexity index is 1230. The summed E-state index contributed by atoms with van der Waals surface area (Å²) in [5, 5.41) is 0. The van der Waals surface area contributed by atoms with Gasteiger partial charge in [-0.25, -0.2) is 9.59 Å². The molecule has 208 valence electrons. The van der Waals surface area contributed by atoms with Crippen molar-refractivity contribution < 1.29 is 19.1 Å². The van der Waals surface area contributed by atoms with Gasteiger partial charge in [0.1, 0.15) is 0 Å². The SMILES string of the molecule is C=C(CN(c1ccccc1)c1ccccc1)C(=O)OCCCOC(=O)C(=C)CN(c1ccccc1)c1ccccc1. The number of carbonyl (C=O) groups is 2. The lowest BCUT2D eigenvalue weighted by Crippen LogP contribution is -2.25. The number of anilines is 4. The zero-order chi connectivity index (χ0) is 28.9. The van der Waals surface area contributed by atoms with Gasteiger partial charge in [0.25, 0.3) is 0 Å². The van der Waals surface area contributed by atoms with Gasteiger partial charge in [-0.05, 0) is 48.5 Å². The number of hydrogen-bond donors (Lipinski definition) is 0. The van der Waals surface area contributed by atoms with Gasteiger partial charge in [0.15, 0.2) is 0 Å². The van der Waals surface area contributed by atoms with E-state index in [0.717, 1.165) is 22.7 Å². The molecule has 0 saturated heterocycles. The summed E-state index contributed by atoms with van der Waals surface area (Å²) in [6.45, 7) is 8.68. The molecule has 4 rings (SSSR count). The van der Waals surface area contributed by atoms with E-state index < -0.39 is 11.9 Å². The Kier molecular flexibility index (Phi) is 10.5. The molecular formula is C35H34N2O4. The zero-order valence-corrected chi connectivity index (χ0v) is 23.0. The summed E-state index contributed by atoms with van der Waals surface area (Å²) >= 11 is 0. The molecule has 4 aromatic rings. The van der Waals surface area contributed by atoms with Crippen molar-refractivity contribution in [2.75, 3.05) is 36.1 Å². The molecule has 0 heterocycles. The molecule has 0 N–H and O–H groups in total. The minimum absolute atomic E-state index is 0.106. The predicted octanol–water partition coefficient (Wildman–Crippen LogP) is 7.25. The summed E-state index contributed by atoms with van der Waals surface area (Å²) in [6.07, 6.45) is 0.361. The van der Waals surface area contributed by atoms with E-state index >= 15 is 0 Å². The van der Waals surface area contributed by atoms with Crippen molar-refractivity contribution in [3.05, 3.63) is 146 Å². The number of carbonyl (C=O) groups excluding carboxylic acids is 2. The third kappa shape index (κ3) is 8.44. The molecule has 0 aliphatic heterocycles. The van der Waals surface area contributed by atoms with Crippen LogP contribution < -0.4 is 9.80 Å². The number of esters is 2. The van der Waals surface area contributed by atoms with Crippen LogP contribution in [0.1, 0.15) is 6.42 Å². The molecule has 0 aliphatic carbocycles. The topological polar surface area (TPSA) is 59.1 Å². The molecule has 0 spiro atoms. The first-order valence-electron chi connectivity index (χ1n) is 13.5. The quantitative estimate of drug-likeness (QED) is 0.0943. The summed E-state index contributed by atoms with van der Waals surface area (Å²) in [6, 6.07) is 39.2. The van der Waals surface area contributed by atoms with Crippen LogP contribution in [0.3, 0.4) is 0 Å². The number of benzene rings is 4. The molecule has 41 heavy (non-hydrogen) atoms. The van der Waals surface area contributed by atoms with Crippen molar-refractivity contribution in [1.82, 2.24) is 0 Å². The largest absolute Gasteiger partial charge is 0.462 e. The second-order valence-electron chi connectivity index (χ2n) is 9.35. The summed E-state index contributed by atoms with van der Waals surface area (Å²) in [5.41, 5.74) is 4.42. The number of hydrogen-bond acceptors (Lipinski definition) is 6. The van der Waals surface area contributed by atoms with Gasteiger partial charge in [-0.15, -0.1) is 0 Å². The Morgan fingerprint density at radius 3 is 1.02 bits per heavy atom. The van der Waals surface area contributed by atoms with Gasteiger partial charge in [0.05, 0.1) is 26.3 Å². The van der Waals surface area contributed by atoms with Crippen LogP contribution in [0.15, 0.2) is 146 Å². The first kappa shape index (κ1) is 28.9. The summed E-state index contributed by atoms with van der Waals surface area (Å²) in [4.78, 5) is 29.3. The smallest absolute Gasteiger partial charge is 0.335 e. The lowest BCUT2D eigenvalue weighted by Gasteiger charge is -2.25. The Morgan fingerprint density at radius 2 is 0.756 bits per heavy atom. The number of ether oxygens (including phenoxy) is 2. The molecule has 0 aliphatic rings. The van der Waals surface area contributed by atoms with Gasteiger partial charge >= 0.3 is 11.9 Å². The van der Waals surface area contributed by atoms with E-state index in [9.17, 15) is 9.59 Å². The van der Waals surface area contributed by atoms with Gasteiger partial charge in [0.2, 0.25) is 0 Å². The van der Waals surface area contributed by atoms with Gasteiger partial charge in [-0.3, -0.25) is 0 Å². The Hall–Kier alpha value is -5.10. The van der Waals surface area contributed by atoms with Crippen LogP contribution in [0, 0.1) is 0 Å². The highest BCUT2D eigenvalue weighted by Crippen LogP contribution is 2.27. The molecular weight excluding hydrogens is 512 g/mol. The molecule has 0 aromatic heterocycles. The standard InChI is InChI=1S/C35H34N2O4/c1-28(26-36(30-16-7-3-8-17-30)31-18-9-4-10-19-31)34(38)40-24-15-25-41-35(39)29(2)27-37(32-20-11-5-12-21-32)33-22-13-6-14-23-33/h3-14,16-23H,1-2,15,24-27H2. The van der Waals surface area contributed by atoms with E-state index in [-0.39, 0.29) is 26.3 Å². The molecule has 6 heteroatoms. The van der Waals surface area contributed by atoms with Crippen LogP contribution in [0.2, 0.25) is 0 Å². The number of para-hydroxylation sites is 4. The van der Waals surface area contributed by atoms with Gasteiger partial charge in [-0.1, -0.05) is 86.0 Å². The van der Waals surface area contributed by atoms with Crippen LogP contribution >= 0.6 is 0 Å². The molecule has 0 bridgehead atoms. The average molecular weight is 547 g/mol. The molecule has 0 unspecified atom stereocenters. The van der Waals surface area contributed by atoms with Crippen molar-refractivity contribution in [2.45, 2.75) is 6.42 Å². The molecule has 0 saturated carbocycles. The van der Waals surface area contributed by atoms with Crippen LogP contribution in [-0.2, 0) is 19.1 Å². The molecule has 0 atom stereocenters. The predicted molar refractivity (Wildman–Crippen MR) is 165 cm³/mol. The first-order valence-corrected chi connectivity index (χ1v) is 13.5. The van der Waals surface area contributed by atoms with E-state index in [1.165, 1.54) is 0 Å². The Morgan fingerprint density at radius 1 is 0.488 bits per heavy atom. The van der Waals surface area contributed by atoms with Crippen molar-refractivity contribution in [2.24, 2.45) is 0 Å². The Labute approximate surface area is 241 Å². The van der Waals surface area contributed by atoms with Crippen molar-refractivity contribution in [1.29, 1.82) is 0 Å². The van der Waals surface area contributed by atoms with Crippen LogP contribution in [0.4, 0.5) is 22.7 Å². The van der Waals surface area contributed by atoms with Gasteiger partial charge in [0, 0.05) is 40.3 Å². The lowest BCUT2D eigenvalue weighted by atomic mass is 10.2. The maximum absolute atomic E-state index is 12.7. The fourth-order valence-electron chi connectivity index (χ4n) is 4.20. The van der Waals surface area contributed by atoms with Crippen molar-refractivity contribution in [3.63, 3.8) is 0 Å². The monoisotopic (exact) mass is 546 g/mol. The molecule has 0 fully saturated rings. The highest BCUT2D eigenvalue weighted by Gasteiger charge is 2.18. The molecule has 0 radical (unpaired) electrons. The third-order valence-electron chi connectivity index (χ3n) is 6.30. The van der Waals surface area contributed by atoms with E-state index in [1.807, 2.05) is 131 Å². The van der Waals surface area contributed by atoms with Crippen LogP contribution in [0.25, 0.3) is 0 Å². The maximum atomic E-state index is 12.7. The van der Waals surface area contributed by atoms with Crippen molar-refractivity contribution >= 4 is 34.7 Å². The summed E-state index contributed by atoms with van der Waals surface area (Å²) in [7, 11) is 0. The second-order valence-corrected chi connectivity index (χ2v) is 9.35. The summed E-state index contributed by atoms with van der Waals surface area (Å²) < 4.78 is 10.8. The molecule has 6 nitrogen and oxygen atoms in total. The van der Waals surface area contributed by atoms with E-state index in [0.29, 0.717) is 17.6 Å². The Balaban J connectivity index is 1.23. The van der Waals surface area contributed by atoms with Crippen molar-refractivity contribution in [3.8, 4) is 0 Å². The number of rotatable bonds is 14. The summed E-state index contributed by atoms with van der Waals surface area (Å²) in [5.74, 6) is -0.974. The molecule has 4 aromatic carbocycles. The lowest BCUT2D eigenvalue weighted by molar-refractivity contribution is -0.141. The normalized spacial score (nSPS) is 10.3.